The Balaban J connectivity index is 1.74. The number of hydrogen-bond donors (Lipinski definition) is 1. The van der Waals surface area contributed by atoms with E-state index in [1.165, 1.54) is 10.9 Å². The Labute approximate surface area is 110 Å². The molecule has 0 aliphatic carbocycles. The van der Waals surface area contributed by atoms with Gasteiger partial charge in [0.15, 0.2) is 0 Å². The quantitative estimate of drug-likeness (QED) is 0.762. The van der Waals surface area contributed by atoms with E-state index < -0.39 is 0 Å². The van der Waals surface area contributed by atoms with Gasteiger partial charge in [0, 0.05) is 25.2 Å². The second-order valence-corrected chi connectivity index (χ2v) is 4.30. The van der Waals surface area contributed by atoms with Crippen LogP contribution in [0.2, 0.25) is 0 Å². The van der Waals surface area contributed by atoms with Gasteiger partial charge < -0.3 is 5.32 Å². The molecule has 0 amide bonds. The molecule has 0 atom stereocenters. The number of para-hydroxylation sites is 1. The van der Waals surface area contributed by atoms with Crippen molar-refractivity contribution in [3.8, 4) is 0 Å². The molecular formula is C13H14N6. The molecule has 6 heteroatoms. The van der Waals surface area contributed by atoms with Crippen molar-refractivity contribution in [3.05, 3.63) is 42.1 Å². The van der Waals surface area contributed by atoms with E-state index in [0.717, 1.165) is 18.5 Å². The summed E-state index contributed by atoms with van der Waals surface area (Å²) in [5, 5.41) is 15.6. The van der Waals surface area contributed by atoms with Crippen LogP contribution >= 0.6 is 0 Å². The van der Waals surface area contributed by atoms with E-state index in [4.69, 9.17) is 0 Å². The van der Waals surface area contributed by atoms with Crippen LogP contribution in [-0.4, -0.2) is 31.7 Å². The molecular weight excluding hydrogens is 240 g/mol. The summed E-state index contributed by atoms with van der Waals surface area (Å²) in [6, 6.07) is 10.3. The van der Waals surface area contributed by atoms with Crippen LogP contribution < -0.4 is 5.32 Å². The fourth-order valence-corrected chi connectivity index (χ4v) is 2.06. The average molecular weight is 254 g/mol. The van der Waals surface area contributed by atoms with Crippen LogP contribution in [0.15, 0.2) is 36.5 Å². The second-order valence-electron chi connectivity index (χ2n) is 4.30. The molecule has 1 N–H and O–H groups in total. The van der Waals surface area contributed by atoms with Crippen molar-refractivity contribution in [2.24, 2.45) is 7.05 Å². The lowest BCUT2D eigenvalue weighted by Crippen LogP contribution is -2.09. The maximum Gasteiger partial charge on any atom is 0.242 e. The highest BCUT2D eigenvalue weighted by molar-refractivity contribution is 5.81. The van der Waals surface area contributed by atoms with Gasteiger partial charge in [0.05, 0.1) is 5.52 Å². The zero-order valence-corrected chi connectivity index (χ0v) is 10.6. The van der Waals surface area contributed by atoms with Crippen molar-refractivity contribution in [3.63, 3.8) is 0 Å². The van der Waals surface area contributed by atoms with Crippen LogP contribution in [0.1, 0.15) is 5.56 Å². The minimum atomic E-state index is 0.674. The average Bonchev–Trinajstić information content (AvgIpc) is 2.85. The van der Waals surface area contributed by atoms with Crippen molar-refractivity contribution in [2.45, 2.75) is 6.42 Å². The number of nitrogens with one attached hydrogen (secondary N) is 1. The number of aromatic nitrogens is 5. The zero-order chi connectivity index (χ0) is 13.1. The van der Waals surface area contributed by atoms with Crippen LogP contribution in [0.4, 0.5) is 5.95 Å². The summed E-state index contributed by atoms with van der Waals surface area (Å²) in [7, 11) is 1.81. The first kappa shape index (κ1) is 11.6. The number of benzene rings is 1. The Kier molecular flexibility index (Phi) is 3.06. The van der Waals surface area contributed by atoms with E-state index in [0.29, 0.717) is 5.95 Å². The number of aryl methyl sites for hydroxylation is 1. The largest absolute Gasteiger partial charge is 0.353 e. The maximum absolute atomic E-state index is 4.44. The number of pyridine rings is 1. The first-order valence-electron chi connectivity index (χ1n) is 6.13. The Morgan fingerprint density at radius 1 is 1.21 bits per heavy atom. The number of hydrogen-bond acceptors (Lipinski definition) is 5. The summed E-state index contributed by atoms with van der Waals surface area (Å²) in [6.07, 6.45) is 2.70. The van der Waals surface area contributed by atoms with Crippen molar-refractivity contribution in [2.75, 3.05) is 11.9 Å². The number of fused-ring (bicyclic) bond motifs is 1. The summed E-state index contributed by atoms with van der Waals surface area (Å²) in [5.74, 6) is 0.674. The summed E-state index contributed by atoms with van der Waals surface area (Å²) in [5.41, 5.74) is 2.28. The molecule has 0 spiro atoms. The van der Waals surface area contributed by atoms with Gasteiger partial charge in [-0.3, -0.25) is 4.98 Å². The van der Waals surface area contributed by atoms with Gasteiger partial charge in [-0.15, -0.1) is 0 Å². The van der Waals surface area contributed by atoms with Crippen molar-refractivity contribution in [1.82, 2.24) is 25.2 Å². The molecule has 0 unspecified atom stereocenters. The van der Waals surface area contributed by atoms with E-state index in [-0.39, 0.29) is 0 Å². The molecule has 0 saturated carbocycles. The van der Waals surface area contributed by atoms with Crippen LogP contribution in [0.5, 0.6) is 0 Å². The summed E-state index contributed by atoms with van der Waals surface area (Å²) in [4.78, 5) is 4.44. The lowest BCUT2D eigenvalue weighted by atomic mass is 10.1. The number of anilines is 1. The molecule has 1 aromatic carbocycles. The topological polar surface area (TPSA) is 68.5 Å². The smallest absolute Gasteiger partial charge is 0.242 e. The minimum Gasteiger partial charge on any atom is -0.353 e. The fourth-order valence-electron chi connectivity index (χ4n) is 2.06. The van der Waals surface area contributed by atoms with Gasteiger partial charge >= 0.3 is 0 Å². The Hall–Kier alpha value is -2.50. The number of tetrazole rings is 1. The van der Waals surface area contributed by atoms with E-state index >= 15 is 0 Å². The monoisotopic (exact) mass is 254 g/mol. The zero-order valence-electron chi connectivity index (χ0n) is 10.6. The van der Waals surface area contributed by atoms with Gasteiger partial charge in [-0.2, -0.15) is 0 Å². The standard InChI is InChI=1S/C13H14N6/c1-19-13(16-17-18-19)15-9-7-11-5-2-4-10-6-3-8-14-12(10)11/h2-6,8H,7,9H2,1H3,(H,15,16,18). The summed E-state index contributed by atoms with van der Waals surface area (Å²) < 4.78 is 1.61. The van der Waals surface area contributed by atoms with Gasteiger partial charge in [-0.1, -0.05) is 29.4 Å². The minimum absolute atomic E-state index is 0.674. The Morgan fingerprint density at radius 3 is 2.95 bits per heavy atom. The van der Waals surface area contributed by atoms with Gasteiger partial charge in [0.1, 0.15) is 0 Å². The third kappa shape index (κ3) is 2.37. The normalized spacial score (nSPS) is 10.8. The highest BCUT2D eigenvalue weighted by Gasteiger charge is 2.03. The number of nitrogens with zero attached hydrogens (tertiary/aromatic N) is 5. The molecule has 0 aliphatic rings. The van der Waals surface area contributed by atoms with Crippen molar-refractivity contribution >= 4 is 16.9 Å². The van der Waals surface area contributed by atoms with Gasteiger partial charge in [-0.05, 0) is 28.5 Å². The highest BCUT2D eigenvalue weighted by Crippen LogP contribution is 2.16. The molecule has 3 rings (SSSR count). The molecule has 19 heavy (non-hydrogen) atoms. The Bertz CT molecular complexity index is 685. The van der Waals surface area contributed by atoms with E-state index in [9.17, 15) is 0 Å². The fraction of sp³-hybridized carbons (Fsp3) is 0.231. The molecule has 3 aromatic rings. The van der Waals surface area contributed by atoms with Crippen LogP contribution in [0.3, 0.4) is 0 Å². The molecule has 0 bridgehead atoms. The van der Waals surface area contributed by atoms with Gasteiger partial charge in [-0.25, -0.2) is 4.68 Å². The third-order valence-corrected chi connectivity index (χ3v) is 3.01. The maximum atomic E-state index is 4.44. The summed E-state index contributed by atoms with van der Waals surface area (Å²) in [6.45, 7) is 0.768. The van der Waals surface area contributed by atoms with Crippen molar-refractivity contribution in [1.29, 1.82) is 0 Å². The van der Waals surface area contributed by atoms with Crippen molar-refractivity contribution < 1.29 is 0 Å². The second kappa shape index (κ2) is 5.01. The number of rotatable bonds is 4. The predicted octanol–water partition coefficient (Wildman–Crippen LogP) is 1.41. The molecule has 0 radical (unpaired) electrons. The molecule has 2 aromatic heterocycles. The van der Waals surface area contributed by atoms with E-state index in [2.05, 4.69) is 50.1 Å². The molecule has 0 fully saturated rings. The van der Waals surface area contributed by atoms with Crippen LogP contribution in [-0.2, 0) is 13.5 Å². The SMILES string of the molecule is Cn1nnnc1NCCc1cccc2cccnc12. The summed E-state index contributed by atoms with van der Waals surface area (Å²) >= 11 is 0. The van der Waals surface area contributed by atoms with Gasteiger partial charge in [0.25, 0.3) is 0 Å². The third-order valence-electron chi connectivity index (χ3n) is 3.01. The lowest BCUT2D eigenvalue weighted by molar-refractivity contribution is 0.712. The molecule has 2 heterocycles. The Morgan fingerprint density at radius 2 is 2.11 bits per heavy atom. The molecule has 96 valence electrons. The lowest BCUT2D eigenvalue weighted by Gasteiger charge is -2.06. The van der Waals surface area contributed by atoms with E-state index in [1.54, 1.807) is 4.68 Å². The first-order valence-corrected chi connectivity index (χ1v) is 6.13. The molecule has 0 aliphatic heterocycles. The molecule has 6 nitrogen and oxygen atoms in total. The van der Waals surface area contributed by atoms with Crippen LogP contribution in [0.25, 0.3) is 10.9 Å². The van der Waals surface area contributed by atoms with Crippen LogP contribution in [0, 0.1) is 0 Å². The predicted molar refractivity (Wildman–Crippen MR) is 72.7 cm³/mol. The highest BCUT2D eigenvalue weighted by atomic mass is 15.6. The molecule has 0 saturated heterocycles. The van der Waals surface area contributed by atoms with E-state index in [1.807, 2.05) is 19.3 Å². The first-order chi connectivity index (χ1) is 9.34. The van der Waals surface area contributed by atoms with Gasteiger partial charge in [0.2, 0.25) is 5.95 Å².